The second-order valence-corrected chi connectivity index (χ2v) is 3.16. The van der Waals surface area contributed by atoms with Crippen molar-refractivity contribution in [2.75, 3.05) is 0 Å². The molecule has 80 valence electrons. The highest BCUT2D eigenvalue weighted by Gasteiger charge is 2.38. The van der Waals surface area contributed by atoms with Crippen molar-refractivity contribution in [3.63, 3.8) is 0 Å². The fourth-order valence-electron chi connectivity index (χ4n) is 1.17. The lowest BCUT2D eigenvalue weighted by Crippen LogP contribution is -2.31. The molecular formula is C8H11F3N2O. The second kappa shape index (κ2) is 3.61. The third-order valence-corrected chi connectivity index (χ3v) is 1.88. The van der Waals surface area contributed by atoms with Crippen molar-refractivity contribution in [2.24, 2.45) is 7.05 Å². The highest BCUT2D eigenvalue weighted by atomic mass is 19.4. The Morgan fingerprint density at radius 3 is 2.50 bits per heavy atom. The first-order chi connectivity index (χ1) is 6.30. The van der Waals surface area contributed by atoms with Gasteiger partial charge in [-0.15, -0.1) is 0 Å². The van der Waals surface area contributed by atoms with Gasteiger partial charge < -0.3 is 5.11 Å². The highest BCUT2D eigenvalue weighted by molar-refractivity contribution is 5.09. The minimum atomic E-state index is -4.57. The molecule has 0 aliphatic heterocycles. The van der Waals surface area contributed by atoms with E-state index in [1.807, 2.05) is 0 Å². The zero-order valence-corrected chi connectivity index (χ0v) is 7.84. The molecule has 14 heavy (non-hydrogen) atoms. The smallest absolute Gasteiger partial charge is 0.383 e. The van der Waals surface area contributed by atoms with Crippen molar-refractivity contribution in [3.8, 4) is 0 Å². The van der Waals surface area contributed by atoms with Crippen LogP contribution in [0.1, 0.15) is 11.4 Å². The van der Waals surface area contributed by atoms with Crippen LogP contribution in [0.2, 0.25) is 0 Å². The van der Waals surface area contributed by atoms with Crippen LogP contribution < -0.4 is 0 Å². The van der Waals surface area contributed by atoms with E-state index in [0.717, 1.165) is 0 Å². The van der Waals surface area contributed by atoms with Gasteiger partial charge in [0, 0.05) is 19.2 Å². The molecule has 0 bridgehead atoms. The summed E-state index contributed by atoms with van der Waals surface area (Å²) in [7, 11) is 1.55. The van der Waals surface area contributed by atoms with E-state index >= 15 is 0 Å². The standard InChI is InChI=1S/C8H11F3N2O/c1-5-3-6(13(2)12-5)4-7(14)8(9,10)11/h3,7,14H,4H2,1-2H3/t7-/m1/s1. The largest absolute Gasteiger partial charge is 0.414 e. The normalized spacial score (nSPS) is 14.4. The highest BCUT2D eigenvalue weighted by Crippen LogP contribution is 2.22. The lowest BCUT2D eigenvalue weighted by atomic mass is 10.2. The van der Waals surface area contributed by atoms with Gasteiger partial charge in [0.15, 0.2) is 6.10 Å². The SMILES string of the molecule is Cc1cc(C[C@@H](O)C(F)(F)F)n(C)n1. The van der Waals surface area contributed by atoms with E-state index in [-0.39, 0.29) is 0 Å². The molecule has 1 N–H and O–H groups in total. The molecule has 0 fully saturated rings. The predicted octanol–water partition coefficient (Wildman–Crippen LogP) is 1.19. The monoisotopic (exact) mass is 208 g/mol. The van der Waals surface area contributed by atoms with Crippen LogP contribution in [-0.4, -0.2) is 27.2 Å². The molecule has 0 unspecified atom stereocenters. The van der Waals surface area contributed by atoms with E-state index in [9.17, 15) is 13.2 Å². The summed E-state index contributed by atoms with van der Waals surface area (Å²) in [5, 5.41) is 12.7. The molecule has 0 radical (unpaired) electrons. The van der Waals surface area contributed by atoms with Gasteiger partial charge in [-0.1, -0.05) is 0 Å². The van der Waals surface area contributed by atoms with Gasteiger partial charge in [-0.25, -0.2) is 0 Å². The molecule has 0 saturated heterocycles. The fraction of sp³-hybridized carbons (Fsp3) is 0.625. The lowest BCUT2D eigenvalue weighted by Gasteiger charge is -2.13. The van der Waals surface area contributed by atoms with Crippen LogP contribution in [0.3, 0.4) is 0 Å². The van der Waals surface area contributed by atoms with Crippen molar-refractivity contribution in [2.45, 2.75) is 25.6 Å². The number of aryl methyl sites for hydroxylation is 2. The Kier molecular flexibility index (Phi) is 2.84. The van der Waals surface area contributed by atoms with Crippen molar-refractivity contribution < 1.29 is 18.3 Å². The van der Waals surface area contributed by atoms with Crippen LogP contribution in [0.25, 0.3) is 0 Å². The Morgan fingerprint density at radius 2 is 2.14 bits per heavy atom. The number of aliphatic hydroxyl groups is 1. The summed E-state index contributed by atoms with van der Waals surface area (Å²) in [6.45, 7) is 1.68. The van der Waals surface area contributed by atoms with E-state index in [1.54, 1.807) is 14.0 Å². The molecule has 0 aromatic carbocycles. The number of nitrogens with zero attached hydrogens (tertiary/aromatic N) is 2. The molecule has 0 saturated carbocycles. The van der Waals surface area contributed by atoms with Crippen molar-refractivity contribution in [3.05, 3.63) is 17.5 Å². The maximum absolute atomic E-state index is 12.0. The Bertz CT molecular complexity index is 319. The number of rotatable bonds is 2. The first kappa shape index (κ1) is 11.0. The summed E-state index contributed by atoms with van der Waals surface area (Å²) < 4.78 is 37.3. The first-order valence-electron chi connectivity index (χ1n) is 4.05. The zero-order valence-electron chi connectivity index (χ0n) is 7.84. The molecule has 0 aliphatic rings. The molecular weight excluding hydrogens is 197 g/mol. The molecule has 0 amide bonds. The van der Waals surface area contributed by atoms with Crippen LogP contribution in [0.15, 0.2) is 6.07 Å². The van der Waals surface area contributed by atoms with Gasteiger partial charge in [-0.05, 0) is 13.0 Å². The van der Waals surface area contributed by atoms with Gasteiger partial charge in [0.05, 0.1) is 5.69 Å². The van der Waals surface area contributed by atoms with E-state index in [0.29, 0.717) is 11.4 Å². The van der Waals surface area contributed by atoms with Crippen LogP contribution >= 0.6 is 0 Å². The van der Waals surface area contributed by atoms with E-state index in [2.05, 4.69) is 5.10 Å². The van der Waals surface area contributed by atoms with Crippen LogP contribution in [0, 0.1) is 6.92 Å². The number of hydrogen-bond acceptors (Lipinski definition) is 2. The quantitative estimate of drug-likeness (QED) is 0.792. The number of halogens is 3. The Labute approximate surface area is 79.2 Å². The molecule has 1 heterocycles. The molecule has 1 atom stereocenters. The average Bonchev–Trinajstić information content (AvgIpc) is 2.28. The number of aliphatic hydroxyl groups excluding tert-OH is 1. The van der Waals surface area contributed by atoms with Crippen LogP contribution in [0.4, 0.5) is 13.2 Å². The number of hydrogen-bond donors (Lipinski definition) is 1. The summed E-state index contributed by atoms with van der Waals surface area (Å²) in [5.74, 6) is 0. The van der Waals surface area contributed by atoms with Gasteiger partial charge in [0.25, 0.3) is 0 Å². The first-order valence-corrected chi connectivity index (χ1v) is 4.05. The van der Waals surface area contributed by atoms with Gasteiger partial charge in [-0.2, -0.15) is 18.3 Å². The number of alkyl halides is 3. The summed E-state index contributed by atoms with van der Waals surface area (Å²) in [6, 6.07) is 1.52. The third-order valence-electron chi connectivity index (χ3n) is 1.88. The minimum Gasteiger partial charge on any atom is -0.383 e. The molecule has 1 aromatic rings. The van der Waals surface area contributed by atoms with E-state index in [4.69, 9.17) is 5.11 Å². The van der Waals surface area contributed by atoms with Crippen molar-refractivity contribution >= 4 is 0 Å². The Hall–Kier alpha value is -1.04. The van der Waals surface area contributed by atoms with E-state index < -0.39 is 18.7 Å². The summed E-state index contributed by atoms with van der Waals surface area (Å²) in [5.41, 5.74) is 1.00. The summed E-state index contributed by atoms with van der Waals surface area (Å²) in [4.78, 5) is 0. The molecule has 6 heteroatoms. The third kappa shape index (κ3) is 2.47. The average molecular weight is 208 g/mol. The zero-order chi connectivity index (χ0) is 10.9. The van der Waals surface area contributed by atoms with Gasteiger partial charge in [0.2, 0.25) is 0 Å². The predicted molar refractivity (Wildman–Crippen MR) is 43.7 cm³/mol. The lowest BCUT2D eigenvalue weighted by molar-refractivity contribution is -0.203. The van der Waals surface area contributed by atoms with Gasteiger partial charge >= 0.3 is 6.18 Å². The Morgan fingerprint density at radius 1 is 1.57 bits per heavy atom. The van der Waals surface area contributed by atoms with Crippen LogP contribution in [0.5, 0.6) is 0 Å². The fourth-order valence-corrected chi connectivity index (χ4v) is 1.17. The van der Waals surface area contributed by atoms with Crippen molar-refractivity contribution in [1.29, 1.82) is 0 Å². The Balaban J connectivity index is 2.74. The van der Waals surface area contributed by atoms with Crippen molar-refractivity contribution in [1.82, 2.24) is 9.78 Å². The molecule has 1 aromatic heterocycles. The van der Waals surface area contributed by atoms with E-state index in [1.165, 1.54) is 10.7 Å². The van der Waals surface area contributed by atoms with Crippen LogP contribution in [-0.2, 0) is 13.5 Å². The minimum absolute atomic E-state index is 0.368. The molecule has 1 rings (SSSR count). The molecule has 0 aliphatic carbocycles. The van der Waals surface area contributed by atoms with Gasteiger partial charge in [0.1, 0.15) is 0 Å². The maximum atomic E-state index is 12.0. The molecule has 0 spiro atoms. The molecule has 3 nitrogen and oxygen atoms in total. The van der Waals surface area contributed by atoms with Gasteiger partial charge in [-0.3, -0.25) is 4.68 Å². The number of aromatic nitrogens is 2. The second-order valence-electron chi connectivity index (χ2n) is 3.16. The summed E-state index contributed by atoms with van der Waals surface area (Å²) in [6.07, 6.45) is -7.35. The summed E-state index contributed by atoms with van der Waals surface area (Å²) >= 11 is 0. The maximum Gasteiger partial charge on any atom is 0.414 e. The topological polar surface area (TPSA) is 38.0 Å².